The summed E-state index contributed by atoms with van der Waals surface area (Å²) in [7, 11) is 0. The Labute approximate surface area is 132 Å². The summed E-state index contributed by atoms with van der Waals surface area (Å²) < 4.78 is 10.1. The molecule has 0 saturated carbocycles. The van der Waals surface area contributed by atoms with Crippen molar-refractivity contribution in [2.75, 3.05) is 13.2 Å². The van der Waals surface area contributed by atoms with E-state index < -0.39 is 0 Å². The van der Waals surface area contributed by atoms with Crippen molar-refractivity contribution < 1.29 is 19.1 Å². The molecule has 4 heteroatoms. The van der Waals surface area contributed by atoms with Gasteiger partial charge in [-0.3, -0.25) is 4.79 Å². The highest BCUT2D eigenvalue weighted by atomic mass is 16.5. The number of hydrogen-bond donors (Lipinski definition) is 0. The molecular weight excluding hydrogens is 280 g/mol. The minimum Gasteiger partial charge on any atom is -0.466 e. The minimum absolute atomic E-state index is 0.182. The average Bonchev–Trinajstić information content (AvgIpc) is 2.52. The Morgan fingerprint density at radius 3 is 2.32 bits per heavy atom. The van der Waals surface area contributed by atoms with E-state index >= 15 is 0 Å². The fraction of sp³-hybridized carbons (Fsp3) is 0.444. The zero-order valence-electron chi connectivity index (χ0n) is 13.3. The molecule has 4 nitrogen and oxygen atoms in total. The van der Waals surface area contributed by atoms with E-state index in [9.17, 15) is 9.59 Å². The van der Waals surface area contributed by atoms with Crippen LogP contribution in [0.15, 0.2) is 36.9 Å². The van der Waals surface area contributed by atoms with Gasteiger partial charge in [0.05, 0.1) is 24.7 Å². The first-order chi connectivity index (χ1) is 10.6. The van der Waals surface area contributed by atoms with Gasteiger partial charge >= 0.3 is 11.9 Å². The van der Waals surface area contributed by atoms with E-state index in [1.54, 1.807) is 32.1 Å². The molecule has 22 heavy (non-hydrogen) atoms. The Kier molecular flexibility index (Phi) is 7.97. The topological polar surface area (TPSA) is 52.6 Å². The van der Waals surface area contributed by atoms with Crippen molar-refractivity contribution in [2.24, 2.45) is 5.92 Å². The molecule has 1 aromatic rings. The van der Waals surface area contributed by atoms with Crippen LogP contribution in [-0.4, -0.2) is 25.2 Å². The molecule has 1 rings (SSSR count). The molecule has 0 N–H and O–H groups in total. The summed E-state index contributed by atoms with van der Waals surface area (Å²) in [5.41, 5.74) is 1.51. The van der Waals surface area contributed by atoms with Gasteiger partial charge in [-0.2, -0.15) is 0 Å². The lowest BCUT2D eigenvalue weighted by Gasteiger charge is -2.15. The number of ether oxygens (including phenoxy) is 2. The molecule has 0 heterocycles. The smallest absolute Gasteiger partial charge is 0.338 e. The standard InChI is InChI=1S/C18H24O4/c1-4-7-8-16(18(20)22-6-3)13-14-9-11-15(12-10-14)17(19)21-5-2/h4,9-12,16H,1,5-8,13H2,2-3H3/t16-/m1/s1. The number of allylic oxidation sites excluding steroid dienone is 1. The number of rotatable bonds is 9. The first kappa shape index (κ1) is 18.0. The summed E-state index contributed by atoms with van der Waals surface area (Å²) in [6.45, 7) is 8.00. The molecule has 0 aliphatic heterocycles. The van der Waals surface area contributed by atoms with E-state index in [2.05, 4.69) is 6.58 Å². The van der Waals surface area contributed by atoms with E-state index in [-0.39, 0.29) is 17.9 Å². The molecule has 1 atom stereocenters. The van der Waals surface area contributed by atoms with Gasteiger partial charge < -0.3 is 9.47 Å². The van der Waals surface area contributed by atoms with E-state index in [1.165, 1.54) is 0 Å². The second-order valence-corrected chi connectivity index (χ2v) is 4.94. The second kappa shape index (κ2) is 9.77. The van der Waals surface area contributed by atoms with Gasteiger partial charge in [0.1, 0.15) is 0 Å². The Bertz CT molecular complexity index is 490. The normalized spacial score (nSPS) is 11.5. The van der Waals surface area contributed by atoms with Crippen LogP contribution in [0, 0.1) is 5.92 Å². The third-order valence-electron chi connectivity index (χ3n) is 3.29. The van der Waals surface area contributed by atoms with Crippen molar-refractivity contribution >= 4 is 11.9 Å². The SMILES string of the molecule is C=CCC[C@H](Cc1ccc(C(=O)OCC)cc1)C(=O)OCC. The van der Waals surface area contributed by atoms with Crippen LogP contribution in [0.3, 0.4) is 0 Å². The molecule has 0 saturated heterocycles. The first-order valence-corrected chi connectivity index (χ1v) is 7.65. The molecule has 0 fully saturated rings. The summed E-state index contributed by atoms with van der Waals surface area (Å²) in [6, 6.07) is 7.16. The molecule has 0 aliphatic rings. The maximum Gasteiger partial charge on any atom is 0.338 e. The average molecular weight is 304 g/mol. The number of hydrogen-bond acceptors (Lipinski definition) is 4. The van der Waals surface area contributed by atoms with Crippen molar-refractivity contribution in [3.63, 3.8) is 0 Å². The van der Waals surface area contributed by atoms with Gasteiger partial charge in [0.25, 0.3) is 0 Å². The summed E-state index contributed by atoms with van der Waals surface area (Å²) in [5.74, 6) is -0.701. The Balaban J connectivity index is 2.73. The van der Waals surface area contributed by atoms with Crippen molar-refractivity contribution in [1.82, 2.24) is 0 Å². The van der Waals surface area contributed by atoms with Gasteiger partial charge in [-0.1, -0.05) is 18.2 Å². The van der Waals surface area contributed by atoms with Gasteiger partial charge in [0.2, 0.25) is 0 Å². The molecule has 0 bridgehead atoms. The molecule has 0 radical (unpaired) electrons. The highest BCUT2D eigenvalue weighted by molar-refractivity contribution is 5.89. The Morgan fingerprint density at radius 2 is 1.77 bits per heavy atom. The van der Waals surface area contributed by atoms with Gasteiger partial charge in [0.15, 0.2) is 0 Å². The molecule has 120 valence electrons. The quantitative estimate of drug-likeness (QED) is 0.517. The maximum atomic E-state index is 12.0. The van der Waals surface area contributed by atoms with Crippen LogP contribution in [0.2, 0.25) is 0 Å². The molecule has 0 spiro atoms. The van der Waals surface area contributed by atoms with Gasteiger partial charge in [0, 0.05) is 0 Å². The second-order valence-electron chi connectivity index (χ2n) is 4.94. The Morgan fingerprint density at radius 1 is 1.14 bits per heavy atom. The third-order valence-corrected chi connectivity index (χ3v) is 3.29. The van der Waals surface area contributed by atoms with Crippen molar-refractivity contribution in [3.05, 3.63) is 48.0 Å². The molecule has 0 aliphatic carbocycles. The number of carbonyl (C=O) groups excluding carboxylic acids is 2. The fourth-order valence-corrected chi connectivity index (χ4v) is 2.16. The molecule has 0 amide bonds. The summed E-state index contributed by atoms with van der Waals surface area (Å²) >= 11 is 0. The highest BCUT2D eigenvalue weighted by Gasteiger charge is 2.19. The zero-order chi connectivity index (χ0) is 16.4. The first-order valence-electron chi connectivity index (χ1n) is 7.65. The van der Waals surface area contributed by atoms with E-state index in [4.69, 9.17) is 9.47 Å². The summed E-state index contributed by atoms with van der Waals surface area (Å²) in [4.78, 5) is 23.6. The predicted octanol–water partition coefficient (Wildman–Crippen LogP) is 3.55. The maximum absolute atomic E-state index is 12.0. The van der Waals surface area contributed by atoms with Crippen LogP contribution >= 0.6 is 0 Å². The van der Waals surface area contributed by atoms with Crippen LogP contribution in [0.25, 0.3) is 0 Å². The van der Waals surface area contributed by atoms with Crippen molar-refractivity contribution in [1.29, 1.82) is 0 Å². The van der Waals surface area contributed by atoms with Gasteiger partial charge in [-0.05, 0) is 50.8 Å². The molecule has 0 unspecified atom stereocenters. The number of esters is 2. The van der Waals surface area contributed by atoms with Gasteiger partial charge in [-0.15, -0.1) is 6.58 Å². The lowest BCUT2D eigenvalue weighted by atomic mass is 9.94. The lowest BCUT2D eigenvalue weighted by Crippen LogP contribution is -2.20. The summed E-state index contributed by atoms with van der Waals surface area (Å²) in [6.07, 6.45) is 3.87. The van der Waals surface area contributed by atoms with Crippen LogP contribution in [0.4, 0.5) is 0 Å². The van der Waals surface area contributed by atoms with E-state index in [1.807, 2.05) is 12.1 Å². The fourth-order valence-electron chi connectivity index (χ4n) is 2.16. The molecule has 1 aromatic carbocycles. The van der Waals surface area contributed by atoms with E-state index in [0.717, 1.165) is 12.0 Å². The van der Waals surface area contributed by atoms with E-state index in [0.29, 0.717) is 31.6 Å². The van der Waals surface area contributed by atoms with Gasteiger partial charge in [-0.25, -0.2) is 4.79 Å². The van der Waals surface area contributed by atoms with Crippen molar-refractivity contribution in [3.8, 4) is 0 Å². The zero-order valence-corrected chi connectivity index (χ0v) is 13.3. The number of carbonyl (C=O) groups is 2. The Hall–Kier alpha value is -2.10. The summed E-state index contributed by atoms with van der Waals surface area (Å²) in [5, 5.41) is 0. The van der Waals surface area contributed by atoms with Crippen LogP contribution in [0.5, 0.6) is 0 Å². The monoisotopic (exact) mass is 304 g/mol. The third kappa shape index (κ3) is 5.72. The molecule has 0 aromatic heterocycles. The largest absolute Gasteiger partial charge is 0.466 e. The molecular formula is C18H24O4. The van der Waals surface area contributed by atoms with Crippen LogP contribution in [-0.2, 0) is 20.7 Å². The lowest BCUT2D eigenvalue weighted by molar-refractivity contribution is -0.148. The van der Waals surface area contributed by atoms with Crippen molar-refractivity contribution in [2.45, 2.75) is 33.1 Å². The minimum atomic E-state index is -0.331. The number of benzene rings is 1. The predicted molar refractivity (Wildman–Crippen MR) is 85.7 cm³/mol. The highest BCUT2D eigenvalue weighted by Crippen LogP contribution is 2.17. The van der Waals surface area contributed by atoms with Crippen LogP contribution < -0.4 is 0 Å². The van der Waals surface area contributed by atoms with Crippen LogP contribution in [0.1, 0.15) is 42.6 Å².